The van der Waals surface area contributed by atoms with Crippen LogP contribution in [0.1, 0.15) is 22.0 Å². The number of benzene rings is 2. The van der Waals surface area contributed by atoms with E-state index in [4.69, 9.17) is 13.0 Å². The fourth-order valence-corrected chi connectivity index (χ4v) is 1.72. The third kappa shape index (κ3) is 3.94. The fraction of sp³-hybridized carbons (Fsp3) is 0.375. The maximum absolute atomic E-state index is 10.1. The average Bonchev–Trinajstić information content (AvgIpc) is 2.50. The van der Waals surface area contributed by atoms with Crippen LogP contribution in [0.3, 0.4) is 0 Å². The van der Waals surface area contributed by atoms with Gasteiger partial charge in [-0.05, 0) is 11.5 Å². The zero-order valence-corrected chi connectivity index (χ0v) is 10.7. The Morgan fingerprint density at radius 1 is 1.37 bits per heavy atom. The van der Waals surface area contributed by atoms with Crippen molar-refractivity contribution >= 4 is 10.8 Å². The molecule has 0 spiro atoms. The number of fused-ring (bicyclic) bond motifs is 1. The fourth-order valence-electron chi connectivity index (χ4n) is 1.72. The third-order valence-electron chi connectivity index (χ3n) is 2.57. The molecule has 0 amide bonds. The van der Waals surface area contributed by atoms with Gasteiger partial charge in [0.2, 0.25) is 0 Å². The quantitative estimate of drug-likeness (QED) is 0.843. The molecule has 0 saturated heterocycles. The summed E-state index contributed by atoms with van der Waals surface area (Å²) >= 11 is 0. The molecule has 0 aliphatic carbocycles. The van der Waals surface area contributed by atoms with Crippen LogP contribution >= 0.6 is 0 Å². The number of aliphatic hydroxyl groups is 1. The van der Waals surface area contributed by atoms with E-state index in [2.05, 4.69) is 5.32 Å². The highest BCUT2D eigenvalue weighted by molar-refractivity contribution is 5.88. The highest BCUT2D eigenvalue weighted by Crippen LogP contribution is 2.25. The molecule has 0 radical (unpaired) electrons. The first kappa shape index (κ1) is 7.88. The molecule has 0 saturated carbocycles. The van der Waals surface area contributed by atoms with Crippen molar-refractivity contribution < 1.29 is 18.1 Å². The minimum absolute atomic E-state index is 0.398. The van der Waals surface area contributed by atoms with Crippen molar-refractivity contribution in [1.82, 2.24) is 5.32 Å². The Labute approximate surface area is 122 Å². The highest BCUT2D eigenvalue weighted by Gasteiger charge is 2.07. The molecule has 3 heteroatoms. The minimum Gasteiger partial charge on any atom is -0.490 e. The summed E-state index contributed by atoms with van der Waals surface area (Å²) in [7, 11) is 0. The maximum atomic E-state index is 10.1. The van der Waals surface area contributed by atoms with Gasteiger partial charge in [0.1, 0.15) is 18.5 Å². The van der Waals surface area contributed by atoms with Crippen LogP contribution < -0.4 is 10.1 Å². The van der Waals surface area contributed by atoms with Gasteiger partial charge in [0.15, 0.2) is 0 Å². The van der Waals surface area contributed by atoms with Gasteiger partial charge in [-0.2, -0.15) is 0 Å². The molecular formula is C16H21NO2. The maximum Gasteiger partial charge on any atom is 0.127 e. The Hall–Kier alpha value is -1.58. The monoisotopic (exact) mass is 265 g/mol. The second kappa shape index (κ2) is 6.55. The first-order valence-electron chi connectivity index (χ1n) is 9.02. The van der Waals surface area contributed by atoms with Gasteiger partial charge in [0, 0.05) is 26.1 Å². The van der Waals surface area contributed by atoms with Crippen LogP contribution in [0.25, 0.3) is 10.8 Å². The van der Waals surface area contributed by atoms with Crippen LogP contribution in [-0.2, 0) is 0 Å². The van der Waals surface area contributed by atoms with E-state index in [1.54, 1.807) is 12.1 Å². The summed E-state index contributed by atoms with van der Waals surface area (Å²) < 4.78 is 50.9. The summed E-state index contributed by atoms with van der Waals surface area (Å²) in [6.45, 7) is -4.63. The molecule has 0 fully saturated rings. The molecule has 2 rings (SSSR count). The third-order valence-corrected chi connectivity index (χ3v) is 2.57. The second-order valence-corrected chi connectivity index (χ2v) is 4.20. The first-order chi connectivity index (χ1) is 11.4. The van der Waals surface area contributed by atoms with Gasteiger partial charge in [0.25, 0.3) is 0 Å². The predicted octanol–water partition coefficient (Wildman–Crippen LogP) is 2.58. The Morgan fingerprint density at radius 3 is 3.00 bits per heavy atom. The molecule has 2 aromatic carbocycles. The molecule has 2 N–H and O–H groups in total. The lowest BCUT2D eigenvalue weighted by Gasteiger charge is -2.15. The minimum atomic E-state index is -2.75. The summed E-state index contributed by atoms with van der Waals surface area (Å²) in [5.41, 5.74) is 0. The molecule has 2 atom stereocenters. The Morgan fingerprint density at radius 2 is 2.16 bits per heavy atom. The number of rotatable bonds is 6. The molecule has 102 valence electrons. The van der Waals surface area contributed by atoms with Crippen molar-refractivity contribution in [3.8, 4) is 5.75 Å². The molecule has 0 aliphatic rings. The molecule has 19 heavy (non-hydrogen) atoms. The van der Waals surface area contributed by atoms with E-state index in [0.717, 1.165) is 17.7 Å². The zero-order chi connectivity index (χ0) is 18.9. The van der Waals surface area contributed by atoms with Crippen molar-refractivity contribution in [2.24, 2.45) is 0 Å². The van der Waals surface area contributed by atoms with Crippen molar-refractivity contribution in [3.05, 3.63) is 42.5 Å². The topological polar surface area (TPSA) is 41.5 Å². The average molecular weight is 265 g/mol. The Bertz CT molecular complexity index is 727. The highest BCUT2D eigenvalue weighted by atomic mass is 16.5. The molecule has 2 unspecified atom stereocenters. The van der Waals surface area contributed by atoms with Crippen molar-refractivity contribution in [2.45, 2.75) is 25.9 Å². The summed E-state index contributed by atoms with van der Waals surface area (Å²) in [6, 6.07) is 10.6. The first-order valence-corrected chi connectivity index (χ1v) is 6.02. The van der Waals surface area contributed by atoms with Gasteiger partial charge in [-0.1, -0.05) is 50.2 Å². The lowest BCUT2D eigenvalue weighted by molar-refractivity contribution is 0.105. The van der Waals surface area contributed by atoms with Crippen LogP contribution in [0, 0.1) is 0 Å². The number of hydrogen-bond acceptors (Lipinski definition) is 3. The Kier molecular flexibility index (Phi) is 2.71. The van der Waals surface area contributed by atoms with Gasteiger partial charge < -0.3 is 15.2 Å². The lowest BCUT2D eigenvalue weighted by atomic mass is 10.1. The van der Waals surface area contributed by atoms with E-state index in [1.807, 2.05) is 30.3 Å². The molecule has 0 heterocycles. The molecule has 0 bridgehead atoms. The predicted molar refractivity (Wildman–Crippen MR) is 78.6 cm³/mol. The van der Waals surface area contributed by atoms with Crippen molar-refractivity contribution in [2.75, 3.05) is 13.1 Å². The molecule has 0 aromatic heterocycles. The molecule has 0 aliphatic heterocycles. The lowest BCUT2D eigenvalue weighted by Crippen LogP contribution is -2.35. The number of aliphatic hydroxyl groups excluding tert-OH is 1. The van der Waals surface area contributed by atoms with Crippen LogP contribution in [0.5, 0.6) is 5.75 Å². The van der Waals surface area contributed by atoms with Crippen LogP contribution in [0.2, 0.25) is 0 Å². The zero-order valence-electron chi connectivity index (χ0n) is 16.7. The van der Waals surface area contributed by atoms with Crippen LogP contribution in [0.4, 0.5) is 0 Å². The molecule has 2 aromatic rings. The molecular weight excluding hydrogens is 238 g/mol. The summed E-state index contributed by atoms with van der Waals surface area (Å²) in [5.74, 6) is 0.484. The van der Waals surface area contributed by atoms with Gasteiger partial charge >= 0.3 is 0 Å². The number of nitrogens with one attached hydrogen (secondary N) is 1. The smallest absolute Gasteiger partial charge is 0.127 e. The largest absolute Gasteiger partial charge is 0.490 e. The van der Waals surface area contributed by atoms with Gasteiger partial charge in [-0.15, -0.1) is 0 Å². The normalized spacial score (nSPS) is 22.0. The van der Waals surface area contributed by atoms with Gasteiger partial charge in [-0.25, -0.2) is 0 Å². The second-order valence-electron chi connectivity index (χ2n) is 4.20. The van der Waals surface area contributed by atoms with Gasteiger partial charge in [0.05, 0.1) is 0 Å². The van der Waals surface area contributed by atoms with E-state index < -0.39 is 32.1 Å². The van der Waals surface area contributed by atoms with E-state index in [0.29, 0.717) is 5.75 Å². The standard InChI is InChI=1S/C16H21NO2/c1-12(2)17-10-14(18)11-19-16-9-5-7-13-6-3-4-8-15(13)16/h3-9,12,14,17-18H,10-11H2,1-2H3/i1D3,10D2,12D. The van der Waals surface area contributed by atoms with E-state index >= 15 is 0 Å². The van der Waals surface area contributed by atoms with Crippen LogP contribution in [-0.4, -0.2) is 30.3 Å². The van der Waals surface area contributed by atoms with E-state index in [1.165, 1.54) is 0 Å². The number of hydrogen-bond donors (Lipinski definition) is 2. The van der Waals surface area contributed by atoms with Gasteiger partial charge in [-0.3, -0.25) is 0 Å². The summed E-state index contributed by atoms with van der Waals surface area (Å²) in [4.78, 5) is 0. The SMILES string of the molecule is [2H]C([2H])(NC([2H])(C)C([2H])([2H])[2H])C(O)COc1cccc2ccccc12. The van der Waals surface area contributed by atoms with E-state index in [-0.39, 0.29) is 0 Å². The summed E-state index contributed by atoms with van der Waals surface area (Å²) in [5, 5.41) is 13.9. The molecule has 3 nitrogen and oxygen atoms in total. The van der Waals surface area contributed by atoms with Crippen LogP contribution in [0.15, 0.2) is 42.5 Å². The summed E-state index contributed by atoms with van der Waals surface area (Å²) in [6.07, 6.45) is -1.67. The van der Waals surface area contributed by atoms with Crippen molar-refractivity contribution in [1.29, 1.82) is 0 Å². The van der Waals surface area contributed by atoms with Crippen molar-refractivity contribution in [3.63, 3.8) is 0 Å². The van der Waals surface area contributed by atoms with E-state index in [9.17, 15) is 5.11 Å². The Balaban J connectivity index is 2.09. The number of ether oxygens (including phenoxy) is 1.